The summed E-state index contributed by atoms with van der Waals surface area (Å²) in [6, 6.07) is 0. The van der Waals surface area contributed by atoms with Gasteiger partial charge in [-0.3, -0.25) is 0 Å². The van der Waals surface area contributed by atoms with Crippen LogP contribution in [0.5, 0.6) is 0 Å². The molecule has 30 N–H and O–H groups in total. The normalized spacial score (nSPS) is 5.43. The van der Waals surface area contributed by atoms with E-state index in [1.54, 1.807) is 0 Å². The predicted molar refractivity (Wildman–Crippen MR) is 91.4 cm³/mol. The van der Waals surface area contributed by atoms with Crippen LogP contribution in [-0.4, -0.2) is 49.8 Å². The Labute approximate surface area is 187 Å². The summed E-state index contributed by atoms with van der Waals surface area (Å²) in [6.45, 7) is 0. The molecule has 28 heavy (non-hydrogen) atoms. The number of hydrogen-bond acceptors (Lipinski definition) is 4. The van der Waals surface area contributed by atoms with Crippen molar-refractivity contribution >= 4 is 23.9 Å². The van der Waals surface area contributed by atoms with Gasteiger partial charge in [0, 0.05) is 74.6 Å². The molecule has 0 aliphatic carbocycles. The van der Waals surface area contributed by atoms with Crippen molar-refractivity contribution in [2.24, 2.45) is 0 Å². The first-order valence-corrected chi connectivity index (χ1v) is 3.53. The zero-order valence-electron chi connectivity index (χ0n) is 13.9. The summed E-state index contributed by atoms with van der Waals surface area (Å²) in [5.74, 6) is -5.03. The van der Waals surface area contributed by atoms with E-state index in [9.17, 15) is 19.2 Å². The van der Waals surface area contributed by atoms with Gasteiger partial charge in [-0.2, -0.15) is 0 Å². The van der Waals surface area contributed by atoms with Crippen LogP contribution in [0.4, 0.5) is 0 Å². The molecular weight excluding hydrogens is 545 g/mol. The SMILES string of the molecule is O.O=C(O)C=CC(=O)O.O=C(O)C=CC(=O)O.[Co].[Co].[Co].[OH3+].[OH3+].[OH3+].[OH3+].[OH3+].[OH3+].[OH3+].[OH3+]. The molecule has 0 aromatic heterocycles. The molecule has 0 unspecified atom stereocenters. The molecule has 0 bridgehead atoms. The van der Waals surface area contributed by atoms with E-state index in [1.807, 2.05) is 0 Å². The maximum Gasteiger partial charge on any atom is 0.328 e. The molecular formula is C8H34Co3O17+8. The van der Waals surface area contributed by atoms with E-state index in [-0.39, 0.29) is 99.6 Å². The third-order valence-electron chi connectivity index (χ3n) is 0.737. The largest absolute Gasteiger partial charge is 0.478 e. The van der Waals surface area contributed by atoms with Gasteiger partial charge in [0.25, 0.3) is 0 Å². The second-order valence-electron chi connectivity index (χ2n) is 2.02. The monoisotopic (exact) mass is 579 g/mol. The van der Waals surface area contributed by atoms with Gasteiger partial charge < -0.3 is 69.7 Å². The summed E-state index contributed by atoms with van der Waals surface area (Å²) in [7, 11) is 0. The molecule has 3 radical (unpaired) electrons. The summed E-state index contributed by atoms with van der Waals surface area (Å²) < 4.78 is 0. The first-order valence-electron chi connectivity index (χ1n) is 3.53. The Balaban J connectivity index is -0.00000000817. The van der Waals surface area contributed by atoms with Gasteiger partial charge in [0.2, 0.25) is 0 Å². The van der Waals surface area contributed by atoms with Crippen molar-refractivity contribution in [3.63, 3.8) is 0 Å². The Hall–Kier alpha value is -1.48. The zero-order chi connectivity index (χ0) is 13.1. The number of carboxylic acids is 4. The third kappa shape index (κ3) is 187. The Morgan fingerprint density at radius 3 is 0.500 bits per heavy atom. The van der Waals surface area contributed by atoms with E-state index in [0.717, 1.165) is 0 Å². The maximum absolute atomic E-state index is 9.55. The fraction of sp³-hybridized carbons (Fsp3) is 0. The first-order chi connectivity index (χ1) is 7.25. The third-order valence-corrected chi connectivity index (χ3v) is 0.737. The fourth-order valence-corrected chi connectivity index (χ4v) is 0.285. The summed E-state index contributed by atoms with van der Waals surface area (Å²) in [5, 5.41) is 31.2. The fourth-order valence-electron chi connectivity index (χ4n) is 0.285. The van der Waals surface area contributed by atoms with E-state index in [2.05, 4.69) is 0 Å². The molecule has 0 amide bonds. The summed E-state index contributed by atoms with van der Waals surface area (Å²) in [6.07, 6.45) is 2.23. The molecule has 0 atom stereocenters. The summed E-state index contributed by atoms with van der Waals surface area (Å²) >= 11 is 0. The molecule has 17 nitrogen and oxygen atoms in total. The van der Waals surface area contributed by atoms with Gasteiger partial charge in [0.15, 0.2) is 0 Å². The Kier molecular flexibility index (Phi) is 286. The van der Waals surface area contributed by atoms with Crippen molar-refractivity contribution < 1.29 is 139 Å². The Morgan fingerprint density at radius 1 is 0.393 bits per heavy atom. The van der Waals surface area contributed by atoms with E-state index in [0.29, 0.717) is 24.3 Å². The predicted octanol–water partition coefficient (Wildman–Crippen LogP) is -8.78. The van der Waals surface area contributed by atoms with Crippen LogP contribution in [0.15, 0.2) is 24.3 Å². The topological polar surface area (TPSA) is 445 Å². The van der Waals surface area contributed by atoms with Gasteiger partial charge in [-0.05, 0) is 0 Å². The molecule has 0 aliphatic rings. The molecule has 0 spiro atoms. The van der Waals surface area contributed by atoms with Gasteiger partial charge in [-0.15, -0.1) is 0 Å². The molecule has 0 aliphatic heterocycles. The van der Waals surface area contributed by atoms with Crippen molar-refractivity contribution in [2.75, 3.05) is 0 Å². The number of rotatable bonds is 4. The second kappa shape index (κ2) is 72.8. The van der Waals surface area contributed by atoms with Crippen LogP contribution in [0.1, 0.15) is 0 Å². The van der Waals surface area contributed by atoms with Gasteiger partial charge >= 0.3 is 23.9 Å². The van der Waals surface area contributed by atoms with E-state index >= 15 is 0 Å². The van der Waals surface area contributed by atoms with Crippen molar-refractivity contribution in [2.45, 2.75) is 0 Å². The maximum atomic E-state index is 9.55. The molecule has 0 saturated heterocycles. The van der Waals surface area contributed by atoms with Gasteiger partial charge in [0.1, 0.15) is 0 Å². The van der Waals surface area contributed by atoms with E-state index in [4.69, 9.17) is 20.4 Å². The summed E-state index contributed by atoms with van der Waals surface area (Å²) in [4.78, 5) is 38.2. The average molecular weight is 579 g/mol. The number of aliphatic carboxylic acids is 4. The number of hydrogen-bond donors (Lipinski definition) is 4. The minimum Gasteiger partial charge on any atom is -0.478 e. The van der Waals surface area contributed by atoms with Crippen LogP contribution >= 0.6 is 0 Å². The molecule has 0 fully saturated rings. The first kappa shape index (κ1) is 110. The Bertz CT molecular complexity index is 292. The van der Waals surface area contributed by atoms with Crippen LogP contribution in [-0.2, 0) is 113 Å². The van der Waals surface area contributed by atoms with Crippen molar-refractivity contribution in [3.05, 3.63) is 24.3 Å². The number of carboxylic acid groups (broad SMARTS) is 4. The smallest absolute Gasteiger partial charge is 0.328 e. The molecule has 0 rings (SSSR count). The van der Waals surface area contributed by atoms with Crippen molar-refractivity contribution in [1.82, 2.24) is 0 Å². The van der Waals surface area contributed by atoms with Crippen LogP contribution in [0, 0.1) is 0 Å². The second-order valence-corrected chi connectivity index (χ2v) is 2.02. The molecule has 0 heterocycles. The van der Waals surface area contributed by atoms with Gasteiger partial charge in [0.05, 0.1) is 0 Å². The minimum atomic E-state index is -1.26. The van der Waals surface area contributed by atoms with E-state index < -0.39 is 23.9 Å². The standard InChI is InChI=1S/2C4H4O4.3Co.9H2O/c2*5-3(6)1-2-4(7)8;;;;;;;;;;;;/h2*1-2H,(H,5,6)(H,7,8);;;;9*1H2/p+8. The molecule has 20 heteroatoms. The van der Waals surface area contributed by atoms with Gasteiger partial charge in [-0.1, -0.05) is 0 Å². The van der Waals surface area contributed by atoms with Crippen LogP contribution in [0.2, 0.25) is 0 Å². The van der Waals surface area contributed by atoms with Crippen LogP contribution < -0.4 is 0 Å². The average Bonchev–Trinajstić information content (AvgIpc) is 2.12. The molecule has 0 aromatic rings. The number of carbonyl (C=O) groups is 4. The summed E-state index contributed by atoms with van der Waals surface area (Å²) in [5.41, 5.74) is 0. The van der Waals surface area contributed by atoms with Crippen molar-refractivity contribution in [3.8, 4) is 0 Å². The van der Waals surface area contributed by atoms with E-state index in [1.165, 1.54) is 0 Å². The van der Waals surface area contributed by atoms with Crippen molar-refractivity contribution in [1.29, 1.82) is 0 Å². The Morgan fingerprint density at radius 2 is 0.464 bits per heavy atom. The quantitative estimate of drug-likeness (QED) is 0.182. The zero-order valence-corrected chi connectivity index (χ0v) is 17.0. The van der Waals surface area contributed by atoms with Gasteiger partial charge in [-0.25, -0.2) is 19.2 Å². The van der Waals surface area contributed by atoms with Crippen LogP contribution in [0.25, 0.3) is 0 Å². The van der Waals surface area contributed by atoms with Crippen LogP contribution in [0.3, 0.4) is 0 Å². The molecule has 0 aromatic carbocycles. The molecule has 187 valence electrons. The molecule has 0 saturated carbocycles. The minimum absolute atomic E-state index is 0.